The van der Waals surface area contributed by atoms with Gasteiger partial charge in [-0.2, -0.15) is 4.98 Å². The van der Waals surface area contributed by atoms with E-state index in [9.17, 15) is 0 Å². The number of rotatable bonds is 6. The Labute approximate surface area is 125 Å². The van der Waals surface area contributed by atoms with Crippen LogP contribution in [0.15, 0.2) is 24.3 Å². The number of methoxy groups -OCH3 is 1. The summed E-state index contributed by atoms with van der Waals surface area (Å²) >= 11 is 0. The van der Waals surface area contributed by atoms with Gasteiger partial charge in [0.1, 0.15) is 24.0 Å². The lowest BCUT2D eigenvalue weighted by Gasteiger charge is -2.13. The van der Waals surface area contributed by atoms with Crippen LogP contribution in [0, 0.1) is 6.92 Å². The van der Waals surface area contributed by atoms with Crippen LogP contribution in [0.3, 0.4) is 0 Å². The zero-order valence-electron chi connectivity index (χ0n) is 12.9. The Morgan fingerprint density at radius 1 is 1.24 bits per heavy atom. The third kappa shape index (κ3) is 3.62. The largest absolute Gasteiger partial charge is 0.497 e. The second-order valence-corrected chi connectivity index (χ2v) is 4.66. The molecule has 1 heterocycles. The van der Waals surface area contributed by atoms with Crippen molar-refractivity contribution in [1.82, 2.24) is 9.97 Å². The standard InChI is InChI=1S/C16H21N3O2/c1-5-14-18-15(17-3)11(2)16(19-14)21-10-12-7-6-8-13(9-12)20-4/h6-9H,5,10H2,1-4H3,(H,17,18,19). The van der Waals surface area contributed by atoms with Gasteiger partial charge in [-0.15, -0.1) is 0 Å². The van der Waals surface area contributed by atoms with Gasteiger partial charge in [-0.3, -0.25) is 0 Å². The van der Waals surface area contributed by atoms with Gasteiger partial charge in [0, 0.05) is 13.5 Å². The second-order valence-electron chi connectivity index (χ2n) is 4.66. The molecule has 0 aliphatic rings. The molecule has 0 aliphatic heterocycles. The molecule has 2 rings (SSSR count). The number of nitrogens with zero attached hydrogens (tertiary/aromatic N) is 2. The number of hydrogen-bond acceptors (Lipinski definition) is 5. The van der Waals surface area contributed by atoms with Gasteiger partial charge in [-0.1, -0.05) is 19.1 Å². The van der Waals surface area contributed by atoms with Crippen LogP contribution < -0.4 is 14.8 Å². The summed E-state index contributed by atoms with van der Waals surface area (Å²) in [5.74, 6) is 3.02. The fourth-order valence-corrected chi connectivity index (χ4v) is 2.00. The van der Waals surface area contributed by atoms with Crippen LogP contribution in [0.1, 0.15) is 23.9 Å². The fraction of sp³-hybridized carbons (Fsp3) is 0.375. The minimum absolute atomic E-state index is 0.446. The summed E-state index contributed by atoms with van der Waals surface area (Å²) in [6.45, 7) is 4.42. The van der Waals surface area contributed by atoms with Crippen molar-refractivity contribution >= 4 is 5.82 Å². The van der Waals surface area contributed by atoms with Crippen molar-refractivity contribution in [2.24, 2.45) is 0 Å². The molecule has 1 aromatic carbocycles. The average molecular weight is 287 g/mol. The molecule has 0 amide bonds. The van der Waals surface area contributed by atoms with Crippen molar-refractivity contribution in [2.45, 2.75) is 26.9 Å². The summed E-state index contributed by atoms with van der Waals surface area (Å²) in [6, 6.07) is 7.81. The van der Waals surface area contributed by atoms with Crippen LogP contribution in [0.5, 0.6) is 11.6 Å². The first-order valence-electron chi connectivity index (χ1n) is 6.99. The Bertz CT molecular complexity index is 614. The highest BCUT2D eigenvalue weighted by molar-refractivity contribution is 5.48. The molecule has 0 aliphatic carbocycles. The van der Waals surface area contributed by atoms with Gasteiger partial charge < -0.3 is 14.8 Å². The third-order valence-electron chi connectivity index (χ3n) is 3.21. The predicted molar refractivity (Wildman–Crippen MR) is 83.0 cm³/mol. The maximum atomic E-state index is 5.86. The van der Waals surface area contributed by atoms with E-state index in [4.69, 9.17) is 9.47 Å². The Morgan fingerprint density at radius 2 is 2.05 bits per heavy atom. The predicted octanol–water partition coefficient (Wildman–Crippen LogP) is 2.98. The summed E-state index contributed by atoms with van der Waals surface area (Å²) in [5.41, 5.74) is 1.95. The number of benzene rings is 1. The molecular formula is C16H21N3O2. The Kier molecular flexibility index (Phi) is 4.98. The van der Waals surface area contributed by atoms with Crippen LogP contribution in [-0.2, 0) is 13.0 Å². The Balaban J connectivity index is 2.18. The fourth-order valence-electron chi connectivity index (χ4n) is 2.00. The van der Waals surface area contributed by atoms with Crippen LogP contribution in [0.2, 0.25) is 0 Å². The third-order valence-corrected chi connectivity index (χ3v) is 3.21. The Morgan fingerprint density at radius 3 is 2.71 bits per heavy atom. The molecule has 1 aromatic heterocycles. The number of anilines is 1. The van der Waals surface area contributed by atoms with E-state index in [-0.39, 0.29) is 0 Å². The first-order valence-corrected chi connectivity index (χ1v) is 6.99. The molecule has 2 aromatic rings. The Hall–Kier alpha value is -2.30. The lowest BCUT2D eigenvalue weighted by molar-refractivity contribution is 0.289. The summed E-state index contributed by atoms with van der Waals surface area (Å²) in [7, 11) is 3.50. The molecule has 5 heteroatoms. The van der Waals surface area contributed by atoms with Gasteiger partial charge in [0.15, 0.2) is 0 Å². The highest BCUT2D eigenvalue weighted by Gasteiger charge is 2.10. The van der Waals surface area contributed by atoms with Crippen molar-refractivity contribution in [3.63, 3.8) is 0 Å². The van der Waals surface area contributed by atoms with E-state index in [0.29, 0.717) is 12.5 Å². The van der Waals surface area contributed by atoms with Crippen LogP contribution in [0.25, 0.3) is 0 Å². The molecule has 0 radical (unpaired) electrons. The van der Waals surface area contributed by atoms with Gasteiger partial charge in [0.25, 0.3) is 0 Å². The van der Waals surface area contributed by atoms with Gasteiger partial charge in [0.2, 0.25) is 5.88 Å². The molecule has 0 saturated heterocycles. The number of aromatic nitrogens is 2. The molecule has 0 bridgehead atoms. The van der Waals surface area contributed by atoms with E-state index in [1.54, 1.807) is 7.11 Å². The molecule has 1 N–H and O–H groups in total. The lowest BCUT2D eigenvalue weighted by Crippen LogP contribution is -2.07. The maximum Gasteiger partial charge on any atom is 0.222 e. The SMILES string of the molecule is CCc1nc(NC)c(C)c(OCc2cccc(OC)c2)n1. The highest BCUT2D eigenvalue weighted by Crippen LogP contribution is 2.23. The molecular weight excluding hydrogens is 266 g/mol. The summed E-state index contributed by atoms with van der Waals surface area (Å²) < 4.78 is 11.1. The van der Waals surface area contributed by atoms with Gasteiger partial charge in [0.05, 0.1) is 12.7 Å². The van der Waals surface area contributed by atoms with Crippen LogP contribution >= 0.6 is 0 Å². The lowest BCUT2D eigenvalue weighted by atomic mass is 10.2. The molecule has 0 fully saturated rings. The van der Waals surface area contributed by atoms with Crippen LogP contribution in [0.4, 0.5) is 5.82 Å². The summed E-state index contributed by atoms with van der Waals surface area (Å²) in [5, 5.41) is 3.08. The summed E-state index contributed by atoms with van der Waals surface area (Å²) in [6.07, 6.45) is 0.768. The molecule has 112 valence electrons. The zero-order chi connectivity index (χ0) is 15.2. The van der Waals surface area contributed by atoms with E-state index in [2.05, 4.69) is 15.3 Å². The van der Waals surface area contributed by atoms with E-state index in [1.807, 2.05) is 45.2 Å². The van der Waals surface area contributed by atoms with E-state index < -0.39 is 0 Å². The molecule has 21 heavy (non-hydrogen) atoms. The smallest absolute Gasteiger partial charge is 0.222 e. The summed E-state index contributed by atoms with van der Waals surface area (Å²) in [4.78, 5) is 8.88. The molecule has 0 spiro atoms. The maximum absolute atomic E-state index is 5.86. The van der Waals surface area contributed by atoms with Gasteiger partial charge in [-0.25, -0.2) is 4.98 Å². The van der Waals surface area contributed by atoms with Gasteiger partial charge >= 0.3 is 0 Å². The van der Waals surface area contributed by atoms with Crippen molar-refractivity contribution in [3.05, 3.63) is 41.2 Å². The van der Waals surface area contributed by atoms with Crippen molar-refractivity contribution < 1.29 is 9.47 Å². The molecule has 0 unspecified atom stereocenters. The average Bonchev–Trinajstić information content (AvgIpc) is 2.54. The highest BCUT2D eigenvalue weighted by atomic mass is 16.5. The minimum Gasteiger partial charge on any atom is -0.497 e. The second kappa shape index (κ2) is 6.92. The normalized spacial score (nSPS) is 10.3. The monoisotopic (exact) mass is 287 g/mol. The zero-order valence-corrected chi connectivity index (χ0v) is 12.9. The quantitative estimate of drug-likeness (QED) is 0.885. The van der Waals surface area contributed by atoms with Crippen LogP contribution in [-0.4, -0.2) is 24.1 Å². The molecule has 0 saturated carbocycles. The minimum atomic E-state index is 0.446. The van der Waals surface area contributed by atoms with E-state index in [0.717, 1.165) is 34.9 Å². The first-order chi connectivity index (χ1) is 10.2. The topological polar surface area (TPSA) is 56.3 Å². The van der Waals surface area contributed by atoms with Gasteiger partial charge in [-0.05, 0) is 24.6 Å². The number of ether oxygens (including phenoxy) is 2. The van der Waals surface area contributed by atoms with Crippen molar-refractivity contribution in [3.8, 4) is 11.6 Å². The van der Waals surface area contributed by atoms with E-state index in [1.165, 1.54) is 0 Å². The molecule has 0 atom stereocenters. The van der Waals surface area contributed by atoms with E-state index >= 15 is 0 Å². The van der Waals surface area contributed by atoms with Crippen molar-refractivity contribution in [1.29, 1.82) is 0 Å². The van der Waals surface area contributed by atoms with Crippen molar-refractivity contribution in [2.75, 3.05) is 19.5 Å². The number of hydrogen-bond donors (Lipinski definition) is 1. The first kappa shape index (κ1) is 15.1. The molecule has 5 nitrogen and oxygen atoms in total. The number of aryl methyl sites for hydroxylation is 1. The number of nitrogens with one attached hydrogen (secondary N) is 1.